The minimum Gasteiger partial charge on any atom is -0.437 e. The van der Waals surface area contributed by atoms with Crippen LogP contribution in [0.1, 0.15) is 39.7 Å². The van der Waals surface area contributed by atoms with Crippen LogP contribution in [0.25, 0.3) is 0 Å². The van der Waals surface area contributed by atoms with Gasteiger partial charge in [0.2, 0.25) is 5.88 Å². The zero-order chi connectivity index (χ0) is 15.3. The lowest BCUT2D eigenvalue weighted by Crippen LogP contribution is -2.14. The van der Waals surface area contributed by atoms with E-state index in [-0.39, 0.29) is 5.41 Å². The molecule has 0 fully saturated rings. The van der Waals surface area contributed by atoms with Crippen molar-refractivity contribution < 1.29 is 4.74 Å². The fourth-order valence-electron chi connectivity index (χ4n) is 1.96. The van der Waals surface area contributed by atoms with E-state index >= 15 is 0 Å². The number of aromatic nitrogens is 2. The molecule has 0 saturated carbocycles. The standard InChI is InChI=1S/C17H23N3O/c1-5-17(3,4)13-7-9-14(10-8-13)21-16-12-18-11-15(20-16)19-6-2/h7-12H,5-6H2,1-4H3,(H,19,20). The summed E-state index contributed by atoms with van der Waals surface area (Å²) in [5.74, 6) is 1.99. The number of nitrogens with one attached hydrogen (secondary N) is 1. The van der Waals surface area contributed by atoms with Crippen LogP contribution in [0.5, 0.6) is 11.6 Å². The maximum Gasteiger partial charge on any atom is 0.239 e. The van der Waals surface area contributed by atoms with E-state index in [4.69, 9.17) is 4.74 Å². The Kier molecular flexibility index (Phi) is 4.78. The minimum atomic E-state index is 0.184. The predicted octanol–water partition coefficient (Wildman–Crippen LogP) is 4.39. The van der Waals surface area contributed by atoms with E-state index in [0.29, 0.717) is 5.88 Å². The van der Waals surface area contributed by atoms with E-state index in [1.807, 2.05) is 19.1 Å². The normalized spacial score (nSPS) is 11.2. The smallest absolute Gasteiger partial charge is 0.239 e. The van der Waals surface area contributed by atoms with Gasteiger partial charge in [0.25, 0.3) is 0 Å². The lowest BCUT2D eigenvalue weighted by Gasteiger charge is -2.23. The van der Waals surface area contributed by atoms with E-state index in [2.05, 4.69) is 48.2 Å². The molecule has 0 saturated heterocycles. The molecule has 112 valence electrons. The molecule has 0 aliphatic carbocycles. The first-order chi connectivity index (χ1) is 10.0. The minimum absolute atomic E-state index is 0.184. The van der Waals surface area contributed by atoms with Gasteiger partial charge in [-0.3, -0.25) is 4.98 Å². The van der Waals surface area contributed by atoms with Gasteiger partial charge in [-0.05, 0) is 36.5 Å². The summed E-state index contributed by atoms with van der Waals surface area (Å²) in [4.78, 5) is 8.47. The summed E-state index contributed by atoms with van der Waals surface area (Å²) in [7, 11) is 0. The molecule has 1 aromatic heterocycles. The first kappa shape index (κ1) is 15.3. The first-order valence-corrected chi connectivity index (χ1v) is 7.39. The Morgan fingerprint density at radius 1 is 1.10 bits per heavy atom. The van der Waals surface area contributed by atoms with Crippen molar-refractivity contribution in [3.05, 3.63) is 42.2 Å². The summed E-state index contributed by atoms with van der Waals surface area (Å²) >= 11 is 0. The highest BCUT2D eigenvalue weighted by atomic mass is 16.5. The predicted molar refractivity (Wildman–Crippen MR) is 86.0 cm³/mol. The zero-order valence-electron chi connectivity index (χ0n) is 13.2. The molecule has 1 aromatic carbocycles. The van der Waals surface area contributed by atoms with Gasteiger partial charge in [-0.25, -0.2) is 0 Å². The van der Waals surface area contributed by atoms with Gasteiger partial charge in [0.1, 0.15) is 11.6 Å². The molecule has 1 N–H and O–H groups in total. The number of rotatable bonds is 6. The van der Waals surface area contributed by atoms with Crippen LogP contribution in [0.3, 0.4) is 0 Å². The molecule has 4 nitrogen and oxygen atoms in total. The maximum absolute atomic E-state index is 5.75. The van der Waals surface area contributed by atoms with Crippen LogP contribution in [-0.4, -0.2) is 16.5 Å². The number of hydrogen-bond acceptors (Lipinski definition) is 4. The van der Waals surface area contributed by atoms with Crippen LogP contribution in [0.4, 0.5) is 5.82 Å². The topological polar surface area (TPSA) is 47.0 Å². The molecule has 2 aromatic rings. The molecule has 0 spiro atoms. The quantitative estimate of drug-likeness (QED) is 0.855. The summed E-state index contributed by atoms with van der Waals surface area (Å²) in [6, 6.07) is 8.18. The van der Waals surface area contributed by atoms with Crippen molar-refractivity contribution >= 4 is 5.82 Å². The van der Waals surface area contributed by atoms with Crippen molar-refractivity contribution in [3.8, 4) is 11.6 Å². The summed E-state index contributed by atoms with van der Waals surface area (Å²) < 4.78 is 5.75. The monoisotopic (exact) mass is 285 g/mol. The third-order valence-electron chi connectivity index (χ3n) is 3.71. The summed E-state index contributed by atoms with van der Waals surface area (Å²) in [5.41, 5.74) is 1.49. The van der Waals surface area contributed by atoms with Crippen LogP contribution in [0.2, 0.25) is 0 Å². The molecule has 0 bridgehead atoms. The second-order valence-electron chi connectivity index (χ2n) is 5.64. The summed E-state index contributed by atoms with van der Waals surface area (Å²) in [6.07, 6.45) is 4.40. The molecule has 0 unspecified atom stereocenters. The molecule has 4 heteroatoms. The second kappa shape index (κ2) is 6.57. The number of nitrogens with zero attached hydrogens (tertiary/aromatic N) is 2. The molecule has 21 heavy (non-hydrogen) atoms. The molecule has 0 aliphatic rings. The SMILES string of the molecule is CCNc1cncc(Oc2ccc(C(C)(C)CC)cc2)n1. The van der Waals surface area contributed by atoms with Gasteiger partial charge < -0.3 is 10.1 Å². The van der Waals surface area contributed by atoms with Crippen molar-refractivity contribution in [2.24, 2.45) is 0 Å². The number of hydrogen-bond donors (Lipinski definition) is 1. The Morgan fingerprint density at radius 2 is 1.81 bits per heavy atom. The highest BCUT2D eigenvalue weighted by molar-refractivity contribution is 5.36. The summed E-state index contributed by atoms with van der Waals surface area (Å²) in [6.45, 7) is 9.51. The van der Waals surface area contributed by atoms with E-state index in [1.165, 1.54) is 5.56 Å². The Balaban J connectivity index is 2.11. The molecule has 0 aliphatic heterocycles. The zero-order valence-corrected chi connectivity index (χ0v) is 13.2. The number of benzene rings is 1. The lowest BCUT2D eigenvalue weighted by molar-refractivity contribution is 0.458. The van der Waals surface area contributed by atoms with Crippen LogP contribution in [-0.2, 0) is 5.41 Å². The van der Waals surface area contributed by atoms with Gasteiger partial charge in [0.05, 0.1) is 12.4 Å². The fourth-order valence-corrected chi connectivity index (χ4v) is 1.96. The number of anilines is 1. The van der Waals surface area contributed by atoms with Crippen molar-refractivity contribution in [2.75, 3.05) is 11.9 Å². The van der Waals surface area contributed by atoms with Crippen LogP contribution < -0.4 is 10.1 Å². The average molecular weight is 285 g/mol. The Labute approximate surface area is 126 Å². The largest absolute Gasteiger partial charge is 0.437 e. The Hall–Kier alpha value is -2.10. The maximum atomic E-state index is 5.75. The highest BCUT2D eigenvalue weighted by Gasteiger charge is 2.17. The van der Waals surface area contributed by atoms with Gasteiger partial charge >= 0.3 is 0 Å². The van der Waals surface area contributed by atoms with Gasteiger partial charge in [-0.15, -0.1) is 0 Å². The molecule has 0 radical (unpaired) electrons. The van der Waals surface area contributed by atoms with Gasteiger partial charge in [0, 0.05) is 6.54 Å². The molecular weight excluding hydrogens is 262 g/mol. The summed E-state index contributed by atoms with van der Waals surface area (Å²) in [5, 5.41) is 3.12. The fraction of sp³-hybridized carbons (Fsp3) is 0.412. The van der Waals surface area contributed by atoms with Gasteiger partial charge in [-0.1, -0.05) is 32.9 Å². The third-order valence-corrected chi connectivity index (χ3v) is 3.71. The third kappa shape index (κ3) is 3.94. The van der Waals surface area contributed by atoms with Gasteiger partial charge in [0.15, 0.2) is 0 Å². The van der Waals surface area contributed by atoms with Crippen LogP contribution in [0.15, 0.2) is 36.7 Å². The van der Waals surface area contributed by atoms with Crippen molar-refractivity contribution in [3.63, 3.8) is 0 Å². The Morgan fingerprint density at radius 3 is 2.43 bits per heavy atom. The lowest BCUT2D eigenvalue weighted by atomic mass is 9.82. The first-order valence-electron chi connectivity index (χ1n) is 7.39. The van der Waals surface area contributed by atoms with Crippen LogP contribution >= 0.6 is 0 Å². The van der Waals surface area contributed by atoms with Gasteiger partial charge in [-0.2, -0.15) is 4.98 Å². The highest BCUT2D eigenvalue weighted by Crippen LogP contribution is 2.29. The molecule has 0 amide bonds. The number of ether oxygens (including phenoxy) is 1. The molecule has 1 heterocycles. The van der Waals surface area contributed by atoms with E-state index < -0.39 is 0 Å². The molecular formula is C17H23N3O. The Bertz CT molecular complexity index is 579. The van der Waals surface area contributed by atoms with Crippen molar-refractivity contribution in [2.45, 2.75) is 39.5 Å². The van der Waals surface area contributed by atoms with E-state index in [1.54, 1.807) is 12.4 Å². The van der Waals surface area contributed by atoms with Crippen molar-refractivity contribution in [1.29, 1.82) is 0 Å². The second-order valence-corrected chi connectivity index (χ2v) is 5.64. The molecule has 0 atom stereocenters. The molecule has 2 rings (SSSR count). The van der Waals surface area contributed by atoms with Crippen LogP contribution in [0, 0.1) is 0 Å². The van der Waals surface area contributed by atoms with Crippen molar-refractivity contribution in [1.82, 2.24) is 9.97 Å². The van der Waals surface area contributed by atoms with E-state index in [0.717, 1.165) is 24.5 Å². The van der Waals surface area contributed by atoms with E-state index in [9.17, 15) is 0 Å². The average Bonchev–Trinajstić information content (AvgIpc) is 2.48.